The Balaban J connectivity index is 2.17. The molecule has 1 aromatic heterocycles. The van der Waals surface area contributed by atoms with Gasteiger partial charge in [-0.25, -0.2) is 0 Å². The van der Waals surface area contributed by atoms with E-state index in [1.54, 1.807) is 5.38 Å². The van der Waals surface area contributed by atoms with Gasteiger partial charge in [-0.1, -0.05) is 0 Å². The SMILES string of the molecule is Cc1cscc1C(=O)N(CC(=O)O)C1CC1. The zero-order valence-corrected chi connectivity index (χ0v) is 9.79. The molecule has 0 bridgehead atoms. The van der Waals surface area contributed by atoms with E-state index in [4.69, 9.17) is 5.11 Å². The van der Waals surface area contributed by atoms with E-state index in [0.717, 1.165) is 18.4 Å². The molecule has 1 aliphatic carbocycles. The molecule has 0 saturated heterocycles. The Hall–Kier alpha value is -1.36. The number of thiophene rings is 1. The molecule has 0 spiro atoms. The molecule has 0 atom stereocenters. The van der Waals surface area contributed by atoms with Gasteiger partial charge < -0.3 is 10.0 Å². The van der Waals surface area contributed by atoms with Crippen LogP contribution in [0.3, 0.4) is 0 Å². The number of hydrogen-bond donors (Lipinski definition) is 1. The van der Waals surface area contributed by atoms with Gasteiger partial charge in [0.25, 0.3) is 5.91 Å². The van der Waals surface area contributed by atoms with Gasteiger partial charge in [-0.3, -0.25) is 9.59 Å². The molecule has 0 aliphatic heterocycles. The number of carboxylic acids is 1. The van der Waals surface area contributed by atoms with Crippen molar-refractivity contribution in [2.24, 2.45) is 0 Å². The maximum atomic E-state index is 12.1. The number of nitrogens with zero attached hydrogens (tertiary/aromatic N) is 1. The molecular formula is C11H13NO3S. The Labute approximate surface area is 97.5 Å². The van der Waals surface area contributed by atoms with Crippen molar-refractivity contribution in [1.29, 1.82) is 0 Å². The highest BCUT2D eigenvalue weighted by atomic mass is 32.1. The lowest BCUT2D eigenvalue weighted by Crippen LogP contribution is -2.37. The molecule has 1 saturated carbocycles. The van der Waals surface area contributed by atoms with E-state index >= 15 is 0 Å². The molecule has 0 unspecified atom stereocenters. The van der Waals surface area contributed by atoms with Crippen LogP contribution in [0.15, 0.2) is 10.8 Å². The summed E-state index contributed by atoms with van der Waals surface area (Å²) in [6, 6.07) is 0.128. The van der Waals surface area contributed by atoms with Crippen LogP contribution in [0.25, 0.3) is 0 Å². The van der Waals surface area contributed by atoms with Crippen molar-refractivity contribution in [3.63, 3.8) is 0 Å². The van der Waals surface area contributed by atoms with Gasteiger partial charge in [0, 0.05) is 11.4 Å². The first kappa shape index (κ1) is 11.1. The summed E-state index contributed by atoms with van der Waals surface area (Å²) in [5.74, 6) is -1.10. The van der Waals surface area contributed by atoms with E-state index in [-0.39, 0.29) is 18.5 Å². The van der Waals surface area contributed by atoms with E-state index in [2.05, 4.69) is 0 Å². The number of hydrogen-bond acceptors (Lipinski definition) is 3. The van der Waals surface area contributed by atoms with Crippen molar-refractivity contribution in [1.82, 2.24) is 4.90 Å². The van der Waals surface area contributed by atoms with Crippen LogP contribution in [-0.2, 0) is 4.79 Å². The third-order valence-electron chi connectivity index (χ3n) is 2.64. The summed E-state index contributed by atoms with van der Waals surface area (Å²) in [7, 11) is 0. The molecule has 1 aromatic rings. The molecule has 4 nitrogen and oxygen atoms in total. The molecule has 2 rings (SSSR count). The van der Waals surface area contributed by atoms with Crippen molar-refractivity contribution in [3.05, 3.63) is 21.9 Å². The number of amides is 1. The first-order valence-electron chi connectivity index (χ1n) is 5.15. The first-order valence-corrected chi connectivity index (χ1v) is 6.09. The Morgan fingerprint density at radius 1 is 1.50 bits per heavy atom. The van der Waals surface area contributed by atoms with Crippen molar-refractivity contribution >= 4 is 23.2 Å². The van der Waals surface area contributed by atoms with Gasteiger partial charge in [0.2, 0.25) is 0 Å². The second kappa shape index (κ2) is 4.25. The molecule has 16 heavy (non-hydrogen) atoms. The van der Waals surface area contributed by atoms with E-state index in [1.165, 1.54) is 16.2 Å². The number of carbonyl (C=O) groups excluding carboxylic acids is 1. The standard InChI is InChI=1S/C11H13NO3S/c1-7-5-16-6-9(7)11(15)12(4-10(13)14)8-2-3-8/h5-6,8H,2-4H2,1H3,(H,13,14). The summed E-state index contributed by atoms with van der Waals surface area (Å²) < 4.78 is 0. The third-order valence-corrected chi connectivity index (χ3v) is 3.50. The lowest BCUT2D eigenvalue weighted by atomic mass is 10.2. The van der Waals surface area contributed by atoms with Crippen LogP contribution in [-0.4, -0.2) is 34.5 Å². The van der Waals surface area contributed by atoms with Gasteiger partial charge in [0.15, 0.2) is 0 Å². The fourth-order valence-corrected chi connectivity index (χ4v) is 2.45. The molecule has 5 heteroatoms. The number of aryl methyl sites for hydroxylation is 1. The second-order valence-electron chi connectivity index (χ2n) is 4.03. The third kappa shape index (κ3) is 2.24. The van der Waals surface area contributed by atoms with E-state index < -0.39 is 5.97 Å². The van der Waals surface area contributed by atoms with Crippen molar-refractivity contribution in [3.8, 4) is 0 Å². The molecule has 1 N–H and O–H groups in total. The molecular weight excluding hydrogens is 226 g/mol. The van der Waals surface area contributed by atoms with Crippen molar-refractivity contribution in [2.75, 3.05) is 6.54 Å². The molecule has 1 aliphatic rings. The largest absolute Gasteiger partial charge is 0.480 e. The van der Waals surface area contributed by atoms with Gasteiger partial charge in [0.1, 0.15) is 6.54 Å². The van der Waals surface area contributed by atoms with Gasteiger partial charge in [-0.05, 0) is 30.7 Å². The van der Waals surface area contributed by atoms with Crippen LogP contribution in [0, 0.1) is 6.92 Å². The Kier molecular flexibility index (Phi) is 2.96. The molecule has 0 aromatic carbocycles. The van der Waals surface area contributed by atoms with Gasteiger partial charge in [-0.2, -0.15) is 11.3 Å². The minimum absolute atomic E-state index is 0.128. The van der Waals surface area contributed by atoms with Crippen LogP contribution in [0.1, 0.15) is 28.8 Å². The predicted molar refractivity (Wildman–Crippen MR) is 60.8 cm³/mol. The van der Waals surface area contributed by atoms with E-state index in [9.17, 15) is 9.59 Å². The quantitative estimate of drug-likeness (QED) is 0.870. The summed E-state index contributed by atoms with van der Waals surface area (Å²) in [5, 5.41) is 12.5. The number of carbonyl (C=O) groups is 2. The Morgan fingerprint density at radius 2 is 2.19 bits per heavy atom. The normalized spacial score (nSPS) is 14.8. The van der Waals surface area contributed by atoms with Crippen molar-refractivity contribution < 1.29 is 14.7 Å². The van der Waals surface area contributed by atoms with Crippen LogP contribution in [0.4, 0.5) is 0 Å². The maximum Gasteiger partial charge on any atom is 0.323 e. The minimum Gasteiger partial charge on any atom is -0.480 e. The zero-order chi connectivity index (χ0) is 11.7. The number of rotatable bonds is 4. The fourth-order valence-electron chi connectivity index (χ4n) is 1.63. The van der Waals surface area contributed by atoms with Crippen molar-refractivity contribution in [2.45, 2.75) is 25.8 Å². The van der Waals surface area contributed by atoms with Crippen LogP contribution < -0.4 is 0 Å². The summed E-state index contributed by atoms with van der Waals surface area (Å²) in [5.41, 5.74) is 1.56. The highest BCUT2D eigenvalue weighted by Gasteiger charge is 2.34. The average molecular weight is 239 g/mol. The van der Waals surface area contributed by atoms with Gasteiger partial charge in [0.05, 0.1) is 5.56 Å². The van der Waals surface area contributed by atoms with Crippen LogP contribution in [0.5, 0.6) is 0 Å². The predicted octanol–water partition coefficient (Wildman–Crippen LogP) is 1.75. The maximum absolute atomic E-state index is 12.1. The van der Waals surface area contributed by atoms with E-state index in [0.29, 0.717) is 5.56 Å². The second-order valence-corrected chi connectivity index (χ2v) is 4.77. The minimum atomic E-state index is -0.951. The summed E-state index contributed by atoms with van der Waals surface area (Å²) in [6.45, 7) is 1.67. The monoisotopic (exact) mass is 239 g/mol. The lowest BCUT2D eigenvalue weighted by molar-refractivity contribution is -0.137. The lowest BCUT2D eigenvalue weighted by Gasteiger charge is -2.19. The molecule has 1 heterocycles. The summed E-state index contributed by atoms with van der Waals surface area (Å²) in [6.07, 6.45) is 1.84. The highest BCUT2D eigenvalue weighted by molar-refractivity contribution is 7.08. The molecule has 1 amide bonds. The molecule has 86 valence electrons. The van der Waals surface area contributed by atoms with Gasteiger partial charge in [-0.15, -0.1) is 0 Å². The van der Waals surface area contributed by atoms with Gasteiger partial charge >= 0.3 is 5.97 Å². The summed E-state index contributed by atoms with van der Waals surface area (Å²) >= 11 is 1.47. The van der Waals surface area contributed by atoms with E-state index in [1.807, 2.05) is 12.3 Å². The molecule has 1 fully saturated rings. The number of aliphatic carboxylic acids is 1. The Bertz CT molecular complexity index is 423. The highest BCUT2D eigenvalue weighted by Crippen LogP contribution is 2.29. The Morgan fingerprint density at radius 3 is 2.62 bits per heavy atom. The summed E-state index contributed by atoms with van der Waals surface area (Å²) in [4.78, 5) is 24.3. The average Bonchev–Trinajstić information content (AvgIpc) is 2.97. The zero-order valence-electron chi connectivity index (χ0n) is 8.97. The van der Waals surface area contributed by atoms with Crippen LogP contribution >= 0.6 is 11.3 Å². The number of carboxylic acid groups (broad SMARTS) is 1. The topological polar surface area (TPSA) is 57.6 Å². The smallest absolute Gasteiger partial charge is 0.323 e. The first-order chi connectivity index (χ1) is 7.59. The molecule has 0 radical (unpaired) electrons. The van der Waals surface area contributed by atoms with Crippen LogP contribution in [0.2, 0.25) is 0 Å². The fraction of sp³-hybridized carbons (Fsp3) is 0.455.